The predicted molar refractivity (Wildman–Crippen MR) is 141 cm³/mol. The number of benzene rings is 2. The van der Waals surface area contributed by atoms with E-state index in [4.69, 9.17) is 21.1 Å². The minimum absolute atomic E-state index is 0.101. The third-order valence-electron chi connectivity index (χ3n) is 5.42. The quantitative estimate of drug-likeness (QED) is 0.443. The van der Waals surface area contributed by atoms with Crippen molar-refractivity contribution in [2.75, 3.05) is 31.3 Å². The van der Waals surface area contributed by atoms with E-state index in [-0.39, 0.29) is 24.2 Å². The Kier molecular flexibility index (Phi) is 10.4. The summed E-state index contributed by atoms with van der Waals surface area (Å²) in [7, 11) is -0.965. The first-order valence-corrected chi connectivity index (χ1v) is 13.7. The molecule has 1 unspecified atom stereocenters. The number of hydrogen-bond acceptors (Lipinski definition) is 6. The first-order chi connectivity index (χ1) is 16.9. The standard InChI is InChI=1S/C25H34ClN3O6S/c1-7-21(25(31)27-17(2)3)28(15-18-8-10-19(26)11-9-18)24(30)16-29(36(6,32)33)20-12-13-22(34-4)23(14-20)35-5/h8-14,17,21H,7,15-16H2,1-6H3,(H,27,31). The lowest BCUT2D eigenvalue weighted by Gasteiger charge is -2.33. The number of rotatable bonds is 12. The van der Waals surface area contributed by atoms with Crippen LogP contribution < -0.4 is 19.1 Å². The van der Waals surface area contributed by atoms with Crippen molar-refractivity contribution in [2.24, 2.45) is 0 Å². The topological polar surface area (TPSA) is 105 Å². The van der Waals surface area contributed by atoms with Gasteiger partial charge < -0.3 is 19.7 Å². The molecule has 0 aliphatic heterocycles. The molecule has 0 saturated heterocycles. The molecule has 2 aromatic carbocycles. The molecule has 0 radical (unpaired) electrons. The van der Waals surface area contributed by atoms with Crippen molar-refractivity contribution in [3.8, 4) is 11.5 Å². The van der Waals surface area contributed by atoms with E-state index in [1.807, 2.05) is 13.8 Å². The first-order valence-electron chi connectivity index (χ1n) is 11.4. The number of sulfonamides is 1. The average molecular weight is 540 g/mol. The van der Waals surface area contributed by atoms with Crippen molar-refractivity contribution in [1.29, 1.82) is 0 Å². The van der Waals surface area contributed by atoms with Gasteiger partial charge in [0.1, 0.15) is 12.6 Å². The van der Waals surface area contributed by atoms with E-state index in [0.29, 0.717) is 22.9 Å². The average Bonchev–Trinajstić information content (AvgIpc) is 2.81. The molecular weight excluding hydrogens is 506 g/mol. The molecular formula is C25H34ClN3O6S. The Morgan fingerprint density at radius 3 is 2.14 bits per heavy atom. The van der Waals surface area contributed by atoms with Crippen LogP contribution in [0.4, 0.5) is 5.69 Å². The van der Waals surface area contributed by atoms with E-state index in [1.54, 1.807) is 37.3 Å². The molecule has 2 aromatic rings. The Morgan fingerprint density at radius 2 is 1.64 bits per heavy atom. The summed E-state index contributed by atoms with van der Waals surface area (Å²) < 4.78 is 37.0. The lowest BCUT2D eigenvalue weighted by atomic mass is 10.1. The summed E-state index contributed by atoms with van der Waals surface area (Å²) in [6, 6.07) is 10.6. The Bertz CT molecular complexity index is 1150. The lowest BCUT2D eigenvalue weighted by Crippen LogP contribution is -2.53. The zero-order valence-corrected chi connectivity index (χ0v) is 23.0. The highest BCUT2D eigenvalue weighted by Gasteiger charge is 2.32. The lowest BCUT2D eigenvalue weighted by molar-refractivity contribution is -0.140. The summed E-state index contributed by atoms with van der Waals surface area (Å²) in [6.07, 6.45) is 1.36. The van der Waals surface area contributed by atoms with Crippen molar-refractivity contribution in [3.05, 3.63) is 53.1 Å². The number of anilines is 1. The Hall–Kier alpha value is -2.98. The van der Waals surface area contributed by atoms with Crippen LogP contribution in [0, 0.1) is 0 Å². The summed E-state index contributed by atoms with van der Waals surface area (Å²) in [5.74, 6) is -0.110. The minimum atomic E-state index is -3.87. The molecule has 9 nitrogen and oxygen atoms in total. The number of methoxy groups -OCH3 is 2. The van der Waals surface area contributed by atoms with Gasteiger partial charge >= 0.3 is 0 Å². The van der Waals surface area contributed by atoms with E-state index in [2.05, 4.69) is 5.32 Å². The number of nitrogens with one attached hydrogen (secondary N) is 1. The number of hydrogen-bond donors (Lipinski definition) is 1. The molecule has 1 atom stereocenters. The van der Waals surface area contributed by atoms with Crippen molar-refractivity contribution < 1.29 is 27.5 Å². The van der Waals surface area contributed by atoms with Crippen LogP contribution in [0.2, 0.25) is 5.02 Å². The summed E-state index contributed by atoms with van der Waals surface area (Å²) in [5, 5.41) is 3.39. The van der Waals surface area contributed by atoms with Gasteiger partial charge in [0.05, 0.1) is 26.2 Å². The fourth-order valence-electron chi connectivity index (χ4n) is 3.68. The molecule has 0 bridgehead atoms. The van der Waals surface area contributed by atoms with Crippen LogP contribution in [-0.4, -0.2) is 64.2 Å². The molecule has 11 heteroatoms. The van der Waals surface area contributed by atoms with Gasteiger partial charge in [0.15, 0.2) is 11.5 Å². The van der Waals surface area contributed by atoms with Crippen LogP contribution in [0.1, 0.15) is 32.8 Å². The maximum absolute atomic E-state index is 13.7. The van der Waals surface area contributed by atoms with Crippen LogP contribution in [-0.2, 0) is 26.2 Å². The molecule has 36 heavy (non-hydrogen) atoms. The van der Waals surface area contributed by atoms with Crippen molar-refractivity contribution in [1.82, 2.24) is 10.2 Å². The molecule has 0 spiro atoms. The van der Waals surface area contributed by atoms with Gasteiger partial charge in [-0.3, -0.25) is 13.9 Å². The fourth-order valence-corrected chi connectivity index (χ4v) is 4.65. The Labute approximate surface area is 218 Å². The summed E-state index contributed by atoms with van der Waals surface area (Å²) in [6.45, 7) is 5.06. The van der Waals surface area contributed by atoms with Gasteiger partial charge in [0.2, 0.25) is 21.8 Å². The second kappa shape index (κ2) is 12.8. The number of ether oxygens (including phenoxy) is 2. The van der Waals surface area contributed by atoms with Crippen molar-refractivity contribution >= 4 is 39.1 Å². The number of carbonyl (C=O) groups excluding carboxylic acids is 2. The summed E-state index contributed by atoms with van der Waals surface area (Å²) in [5.41, 5.74) is 0.982. The molecule has 0 aliphatic rings. The second-order valence-corrected chi connectivity index (χ2v) is 10.9. The first kappa shape index (κ1) is 29.3. The van der Waals surface area contributed by atoms with Gasteiger partial charge in [-0.2, -0.15) is 0 Å². The van der Waals surface area contributed by atoms with Crippen LogP contribution in [0.3, 0.4) is 0 Å². The smallest absolute Gasteiger partial charge is 0.244 e. The summed E-state index contributed by atoms with van der Waals surface area (Å²) in [4.78, 5) is 28.1. The highest BCUT2D eigenvalue weighted by Crippen LogP contribution is 2.32. The van der Waals surface area contributed by atoms with Gasteiger partial charge in [-0.05, 0) is 50.1 Å². The highest BCUT2D eigenvalue weighted by molar-refractivity contribution is 7.92. The van der Waals surface area contributed by atoms with Crippen LogP contribution in [0.15, 0.2) is 42.5 Å². The van der Waals surface area contributed by atoms with E-state index < -0.39 is 28.5 Å². The molecule has 0 saturated carbocycles. The van der Waals surface area contributed by atoms with Gasteiger partial charge in [-0.1, -0.05) is 30.7 Å². The normalized spacial score (nSPS) is 12.1. The van der Waals surface area contributed by atoms with E-state index in [1.165, 1.54) is 31.3 Å². The molecule has 0 heterocycles. The molecule has 2 amide bonds. The van der Waals surface area contributed by atoms with Gasteiger partial charge in [-0.25, -0.2) is 8.42 Å². The number of nitrogens with zero attached hydrogens (tertiary/aromatic N) is 2. The van der Waals surface area contributed by atoms with Gasteiger partial charge in [-0.15, -0.1) is 0 Å². The summed E-state index contributed by atoms with van der Waals surface area (Å²) >= 11 is 6.00. The third-order valence-corrected chi connectivity index (χ3v) is 6.81. The number of halogens is 1. The Morgan fingerprint density at radius 1 is 1.03 bits per heavy atom. The van der Waals surface area contributed by atoms with E-state index >= 15 is 0 Å². The van der Waals surface area contributed by atoms with E-state index in [0.717, 1.165) is 16.1 Å². The molecule has 0 aromatic heterocycles. The van der Waals surface area contributed by atoms with Crippen molar-refractivity contribution in [2.45, 2.75) is 45.8 Å². The maximum Gasteiger partial charge on any atom is 0.244 e. The SMILES string of the molecule is CCC(C(=O)NC(C)C)N(Cc1ccc(Cl)cc1)C(=O)CN(c1ccc(OC)c(OC)c1)S(C)(=O)=O. The zero-order chi connectivity index (χ0) is 27.0. The molecule has 0 fully saturated rings. The molecule has 198 valence electrons. The largest absolute Gasteiger partial charge is 0.493 e. The molecule has 1 N–H and O–H groups in total. The third kappa shape index (κ3) is 7.76. The molecule has 2 rings (SSSR count). The van der Waals surface area contributed by atoms with E-state index in [9.17, 15) is 18.0 Å². The van der Waals surface area contributed by atoms with Crippen molar-refractivity contribution in [3.63, 3.8) is 0 Å². The van der Waals surface area contributed by atoms with Crippen LogP contribution in [0.5, 0.6) is 11.5 Å². The van der Waals surface area contributed by atoms with Gasteiger partial charge in [0, 0.05) is 23.7 Å². The number of amides is 2. The maximum atomic E-state index is 13.7. The second-order valence-electron chi connectivity index (χ2n) is 8.54. The predicted octanol–water partition coefficient (Wildman–Crippen LogP) is 3.46. The van der Waals surface area contributed by atoms with Gasteiger partial charge in [0.25, 0.3) is 0 Å². The fraction of sp³-hybridized carbons (Fsp3) is 0.440. The zero-order valence-electron chi connectivity index (χ0n) is 21.4. The minimum Gasteiger partial charge on any atom is -0.493 e. The monoisotopic (exact) mass is 539 g/mol. The number of carbonyl (C=O) groups is 2. The van der Waals surface area contributed by atoms with Crippen LogP contribution >= 0.6 is 11.6 Å². The van der Waals surface area contributed by atoms with Crippen LogP contribution in [0.25, 0.3) is 0 Å². The molecule has 0 aliphatic carbocycles. The highest BCUT2D eigenvalue weighted by atomic mass is 35.5. The Balaban J connectivity index is 2.48.